The van der Waals surface area contributed by atoms with Crippen LogP contribution in [-0.2, 0) is 40.7 Å². The lowest BCUT2D eigenvalue weighted by Gasteiger charge is -2.44. The average Bonchev–Trinajstić information content (AvgIpc) is 3.40. The van der Waals surface area contributed by atoms with Crippen molar-refractivity contribution < 1.29 is 63.7 Å². The number of amides is 2. The summed E-state index contributed by atoms with van der Waals surface area (Å²) >= 11 is 0. The standard InChI is InChI=1S/C29H32F2N2O5S.C28H30F2N2O5S/c1-20(21-4-6-22(7-5-21)23-8-12-25(30)13-9-23)33-17-16-29(38-28(33)35,24-10-14-26(31)15-11-24)18-27(34)19-32(2)39(3,36)37;1-19(20-3-5-21(6-4-20)22-7-11-24(29)12-8-22)32-16-15-28(37-27(32)34,23-9-13-25(30)14-10-23)17-26(33)18-31-38(2,35)36/h4-15,20,27,34H,16-19H2,1-3H3;3-14,19,26,31,33H,15-18H2,1-2H3. The SMILES string of the molecule is CC(c1ccc(-c2ccc(F)cc2)cc1)N1CCC(CC(O)CN(C)S(C)(=O)=O)(c2ccc(F)cc2)OC1=O.CC(c1ccc(-c2ccc(F)cc2)cc1)N1CCC(CC(O)CNS(C)(=O)=O)(c2ccc(F)cc2)OC1=O. The Kier molecular flexibility index (Phi) is 18.3. The van der Waals surface area contributed by atoms with Crippen molar-refractivity contribution in [3.05, 3.63) is 191 Å². The van der Waals surface area contributed by atoms with Crippen molar-refractivity contribution in [2.75, 3.05) is 45.7 Å². The zero-order valence-corrected chi connectivity index (χ0v) is 44.8. The highest BCUT2D eigenvalue weighted by molar-refractivity contribution is 7.88. The number of cyclic esters (lactones) is 2. The van der Waals surface area contributed by atoms with Gasteiger partial charge in [0.25, 0.3) is 0 Å². The first kappa shape index (κ1) is 58.0. The van der Waals surface area contributed by atoms with E-state index in [0.29, 0.717) is 37.1 Å². The maximum absolute atomic E-state index is 13.7. The topological polar surface area (TPSA) is 183 Å². The van der Waals surface area contributed by atoms with Gasteiger partial charge in [-0.05, 0) is 107 Å². The van der Waals surface area contributed by atoms with Crippen LogP contribution in [0.15, 0.2) is 146 Å². The number of halogens is 4. The number of nitrogens with zero attached hydrogens (tertiary/aromatic N) is 3. The molecule has 8 rings (SSSR count). The Morgan fingerprint density at radius 1 is 0.545 bits per heavy atom. The van der Waals surface area contributed by atoms with E-state index in [9.17, 15) is 54.2 Å². The molecule has 6 unspecified atom stereocenters. The Morgan fingerprint density at radius 3 is 1.17 bits per heavy atom. The number of hydrogen-bond donors (Lipinski definition) is 3. The average molecular weight is 1100 g/mol. The zero-order chi connectivity index (χ0) is 55.9. The molecule has 2 aliphatic heterocycles. The number of carbonyl (C=O) groups is 2. The molecule has 77 heavy (non-hydrogen) atoms. The van der Waals surface area contributed by atoms with Crippen LogP contribution >= 0.6 is 0 Å². The summed E-state index contributed by atoms with van der Waals surface area (Å²) < 4.78 is 116. The molecule has 14 nitrogen and oxygen atoms in total. The highest BCUT2D eigenvalue weighted by Gasteiger charge is 2.46. The Balaban J connectivity index is 0.000000224. The lowest BCUT2D eigenvalue weighted by atomic mass is 9.83. The molecule has 6 aromatic carbocycles. The fraction of sp³-hybridized carbons (Fsp3) is 0.333. The summed E-state index contributed by atoms with van der Waals surface area (Å²) in [5, 5.41) is 21.4. The van der Waals surface area contributed by atoms with E-state index in [1.807, 2.05) is 62.4 Å². The minimum absolute atomic E-state index is 0.0567. The molecule has 6 atom stereocenters. The Hall–Kier alpha value is -6.68. The van der Waals surface area contributed by atoms with Gasteiger partial charge >= 0.3 is 12.2 Å². The summed E-state index contributed by atoms with van der Waals surface area (Å²) in [7, 11) is -5.69. The number of benzene rings is 6. The first-order valence-electron chi connectivity index (χ1n) is 24.8. The van der Waals surface area contributed by atoms with Gasteiger partial charge < -0.3 is 29.5 Å². The number of likely N-dealkylation sites (N-methyl/N-ethyl adjacent to an activating group) is 1. The minimum Gasteiger partial charge on any atom is -0.438 e. The fourth-order valence-electron chi connectivity index (χ4n) is 9.61. The quantitative estimate of drug-likeness (QED) is 0.0701. The van der Waals surface area contributed by atoms with Gasteiger partial charge in [0.1, 0.15) is 34.5 Å². The lowest BCUT2D eigenvalue weighted by Crippen LogP contribution is -2.50. The van der Waals surface area contributed by atoms with Crippen LogP contribution in [0.25, 0.3) is 22.3 Å². The van der Waals surface area contributed by atoms with Crippen LogP contribution in [0.1, 0.15) is 73.9 Å². The van der Waals surface area contributed by atoms with Gasteiger partial charge in [-0.2, -0.15) is 0 Å². The van der Waals surface area contributed by atoms with Gasteiger partial charge in [0, 0.05) is 58.9 Å². The Morgan fingerprint density at radius 2 is 0.857 bits per heavy atom. The van der Waals surface area contributed by atoms with Gasteiger partial charge in [0.2, 0.25) is 20.0 Å². The summed E-state index contributed by atoms with van der Waals surface area (Å²) in [5.41, 5.74) is 3.84. The molecule has 2 fully saturated rings. The number of hydrogen-bond acceptors (Lipinski definition) is 10. The minimum atomic E-state index is -3.53. The number of sulfonamides is 2. The molecule has 0 radical (unpaired) electrons. The smallest absolute Gasteiger partial charge is 0.411 e. The summed E-state index contributed by atoms with van der Waals surface area (Å²) in [4.78, 5) is 29.8. The van der Waals surface area contributed by atoms with Gasteiger partial charge in [0.05, 0.1) is 36.8 Å². The second-order valence-electron chi connectivity index (χ2n) is 19.6. The van der Waals surface area contributed by atoms with Crippen molar-refractivity contribution in [3.8, 4) is 22.3 Å². The lowest BCUT2D eigenvalue weighted by molar-refractivity contribution is -0.0849. The van der Waals surface area contributed by atoms with E-state index in [2.05, 4.69) is 4.72 Å². The highest BCUT2D eigenvalue weighted by Crippen LogP contribution is 2.43. The Bertz CT molecular complexity index is 3200. The normalized spacial score (nSPS) is 19.6. The number of nitrogens with one attached hydrogen (secondary N) is 1. The van der Waals surface area contributed by atoms with Crippen molar-refractivity contribution >= 4 is 32.2 Å². The van der Waals surface area contributed by atoms with E-state index in [-0.39, 0.29) is 49.6 Å². The van der Waals surface area contributed by atoms with E-state index in [0.717, 1.165) is 50.2 Å². The number of aliphatic hydroxyl groups is 2. The van der Waals surface area contributed by atoms with Crippen LogP contribution in [0.4, 0.5) is 27.2 Å². The van der Waals surface area contributed by atoms with E-state index in [4.69, 9.17) is 9.47 Å². The predicted molar refractivity (Wildman–Crippen MR) is 284 cm³/mol. The van der Waals surface area contributed by atoms with E-state index in [1.165, 1.54) is 79.8 Å². The maximum Gasteiger partial charge on any atom is 0.411 e. The van der Waals surface area contributed by atoms with E-state index >= 15 is 0 Å². The van der Waals surface area contributed by atoms with Gasteiger partial charge in [-0.1, -0.05) is 97.1 Å². The number of rotatable bonds is 18. The molecule has 2 amide bonds. The van der Waals surface area contributed by atoms with Crippen LogP contribution in [-0.4, -0.2) is 111 Å². The molecule has 2 heterocycles. The second-order valence-corrected chi connectivity index (χ2v) is 23.5. The molecule has 20 heteroatoms. The highest BCUT2D eigenvalue weighted by atomic mass is 32.2. The number of aliphatic hydroxyl groups excluding tert-OH is 2. The molecule has 0 aromatic heterocycles. The molecule has 0 spiro atoms. The van der Waals surface area contributed by atoms with Gasteiger partial charge in [-0.3, -0.25) is 0 Å². The molecule has 0 saturated carbocycles. The molecule has 410 valence electrons. The summed E-state index contributed by atoms with van der Waals surface area (Å²) in [6.45, 7) is 3.92. The molecular weight excluding hydrogens is 1040 g/mol. The zero-order valence-electron chi connectivity index (χ0n) is 43.2. The van der Waals surface area contributed by atoms with Crippen LogP contribution in [0.3, 0.4) is 0 Å². The monoisotopic (exact) mass is 1100 g/mol. The summed E-state index contributed by atoms with van der Waals surface area (Å²) in [6.07, 6.45) is -0.955. The van der Waals surface area contributed by atoms with Gasteiger partial charge in [0.15, 0.2) is 0 Å². The maximum atomic E-state index is 13.7. The predicted octanol–water partition coefficient (Wildman–Crippen LogP) is 9.80. The molecule has 0 bridgehead atoms. The third-order valence-corrected chi connectivity index (χ3v) is 16.1. The third-order valence-electron chi connectivity index (χ3n) is 14.1. The Labute approximate surface area is 447 Å². The van der Waals surface area contributed by atoms with Crippen LogP contribution < -0.4 is 4.72 Å². The number of ether oxygens (including phenoxy) is 2. The van der Waals surface area contributed by atoms with Crippen molar-refractivity contribution in [2.45, 2.75) is 75.0 Å². The molecular formula is C57H62F4N4O10S2. The van der Waals surface area contributed by atoms with E-state index < -0.39 is 67.3 Å². The van der Waals surface area contributed by atoms with Crippen LogP contribution in [0.5, 0.6) is 0 Å². The van der Waals surface area contributed by atoms with Crippen molar-refractivity contribution in [2.24, 2.45) is 0 Å². The van der Waals surface area contributed by atoms with Gasteiger partial charge in [-0.15, -0.1) is 0 Å². The van der Waals surface area contributed by atoms with E-state index in [1.54, 1.807) is 34.1 Å². The molecule has 2 saturated heterocycles. The fourth-order valence-corrected chi connectivity index (χ4v) is 10.5. The first-order chi connectivity index (χ1) is 36.3. The molecule has 0 aliphatic carbocycles. The summed E-state index contributed by atoms with van der Waals surface area (Å²) in [6, 6.07) is 38.1. The molecule has 6 aromatic rings. The van der Waals surface area contributed by atoms with Crippen molar-refractivity contribution in [1.82, 2.24) is 18.8 Å². The summed E-state index contributed by atoms with van der Waals surface area (Å²) in [5.74, 6) is -1.52. The van der Waals surface area contributed by atoms with Crippen LogP contribution in [0.2, 0.25) is 0 Å². The van der Waals surface area contributed by atoms with Crippen molar-refractivity contribution in [1.29, 1.82) is 0 Å². The van der Waals surface area contributed by atoms with Gasteiger partial charge in [-0.25, -0.2) is 53.0 Å². The first-order valence-corrected chi connectivity index (χ1v) is 28.5. The molecule has 3 N–H and O–H groups in total. The third kappa shape index (κ3) is 14.9. The molecule has 2 aliphatic rings. The second kappa shape index (κ2) is 24.3. The largest absolute Gasteiger partial charge is 0.438 e. The number of carbonyl (C=O) groups excluding carboxylic acids is 2. The van der Waals surface area contributed by atoms with Crippen molar-refractivity contribution in [3.63, 3.8) is 0 Å². The van der Waals surface area contributed by atoms with Crippen LogP contribution in [0, 0.1) is 23.3 Å².